The Labute approximate surface area is 195 Å². The van der Waals surface area contributed by atoms with Crippen molar-refractivity contribution in [2.24, 2.45) is 5.92 Å². The van der Waals surface area contributed by atoms with Crippen LogP contribution >= 0.6 is 23.1 Å². The third-order valence-electron chi connectivity index (χ3n) is 4.42. The lowest BCUT2D eigenvalue weighted by atomic mass is 10.0. The van der Waals surface area contributed by atoms with Gasteiger partial charge in [0.05, 0.1) is 30.7 Å². The highest BCUT2D eigenvalue weighted by Crippen LogP contribution is 2.32. The second kappa shape index (κ2) is 11.1. The van der Waals surface area contributed by atoms with Crippen molar-refractivity contribution in [1.82, 2.24) is 14.8 Å². The maximum Gasteiger partial charge on any atom is 0.341 e. The molecule has 0 bridgehead atoms. The number of hydrogen-bond acceptors (Lipinski definition) is 8. The minimum Gasteiger partial charge on any atom is -0.495 e. The zero-order valence-electron chi connectivity index (χ0n) is 18.5. The van der Waals surface area contributed by atoms with Crippen LogP contribution in [0.25, 0.3) is 5.69 Å². The number of amides is 1. The third-order valence-corrected chi connectivity index (χ3v) is 6.31. The number of rotatable bonds is 10. The molecule has 3 rings (SSSR count). The quantitative estimate of drug-likeness (QED) is 0.343. The summed E-state index contributed by atoms with van der Waals surface area (Å²) in [7, 11) is 1.60. The standard InChI is InChI=1S/C22H26N4O4S2/c1-5-30-21(28)19-15(10-14(2)3)11-31-20(19)24-18(27)12-32-22-25-23-13-26(22)16-8-6-7-9-17(16)29-4/h6-9,11,13-14H,5,10,12H2,1-4H3,(H,24,27). The Bertz CT molecular complexity index is 1080. The number of methoxy groups -OCH3 is 1. The Kier molecular flexibility index (Phi) is 8.29. The van der Waals surface area contributed by atoms with Gasteiger partial charge in [0.25, 0.3) is 0 Å². The molecular formula is C22H26N4O4S2. The van der Waals surface area contributed by atoms with Crippen molar-refractivity contribution in [3.05, 3.63) is 47.1 Å². The number of thiophene rings is 1. The SMILES string of the molecule is CCOC(=O)c1c(CC(C)C)csc1NC(=O)CSc1nncn1-c1ccccc1OC. The van der Waals surface area contributed by atoms with Crippen molar-refractivity contribution in [3.63, 3.8) is 0 Å². The van der Waals surface area contributed by atoms with E-state index in [4.69, 9.17) is 9.47 Å². The molecule has 1 N–H and O–H groups in total. The van der Waals surface area contributed by atoms with Gasteiger partial charge in [-0.1, -0.05) is 37.7 Å². The van der Waals surface area contributed by atoms with Gasteiger partial charge in [0.15, 0.2) is 5.16 Å². The summed E-state index contributed by atoms with van der Waals surface area (Å²) in [5, 5.41) is 13.9. The molecular weight excluding hydrogens is 448 g/mol. The Morgan fingerprint density at radius 3 is 2.78 bits per heavy atom. The van der Waals surface area contributed by atoms with Crippen molar-refractivity contribution in [3.8, 4) is 11.4 Å². The summed E-state index contributed by atoms with van der Waals surface area (Å²) in [6, 6.07) is 7.50. The van der Waals surface area contributed by atoms with E-state index in [0.717, 1.165) is 17.7 Å². The first kappa shape index (κ1) is 23.8. The van der Waals surface area contributed by atoms with Crippen LogP contribution in [0.5, 0.6) is 5.75 Å². The molecule has 0 aliphatic carbocycles. The van der Waals surface area contributed by atoms with Crippen molar-refractivity contribution in [1.29, 1.82) is 0 Å². The highest BCUT2D eigenvalue weighted by atomic mass is 32.2. The average Bonchev–Trinajstić information content (AvgIpc) is 3.39. The molecule has 2 heterocycles. The maximum atomic E-state index is 12.7. The van der Waals surface area contributed by atoms with Crippen LogP contribution in [-0.2, 0) is 16.0 Å². The van der Waals surface area contributed by atoms with E-state index in [-0.39, 0.29) is 18.3 Å². The molecule has 1 amide bonds. The van der Waals surface area contributed by atoms with Gasteiger partial charge < -0.3 is 14.8 Å². The van der Waals surface area contributed by atoms with Crippen LogP contribution in [0.2, 0.25) is 0 Å². The zero-order valence-corrected chi connectivity index (χ0v) is 20.1. The predicted octanol–water partition coefficient (Wildman–Crippen LogP) is 4.44. The van der Waals surface area contributed by atoms with Crippen LogP contribution in [0.4, 0.5) is 5.00 Å². The minimum atomic E-state index is -0.414. The molecule has 10 heteroatoms. The van der Waals surface area contributed by atoms with Crippen molar-refractivity contribution >= 4 is 40.0 Å². The molecule has 0 atom stereocenters. The number of hydrogen-bond donors (Lipinski definition) is 1. The van der Waals surface area contributed by atoms with Crippen LogP contribution in [0.1, 0.15) is 36.7 Å². The van der Waals surface area contributed by atoms with Gasteiger partial charge >= 0.3 is 5.97 Å². The number of anilines is 1. The van der Waals surface area contributed by atoms with E-state index in [2.05, 4.69) is 29.4 Å². The summed E-state index contributed by atoms with van der Waals surface area (Å²) in [4.78, 5) is 25.2. The van der Waals surface area contributed by atoms with E-state index in [0.29, 0.717) is 27.4 Å². The molecule has 0 aliphatic heterocycles. The van der Waals surface area contributed by atoms with Crippen LogP contribution in [0, 0.1) is 5.92 Å². The normalized spacial score (nSPS) is 10.9. The number of para-hydroxylation sites is 2. The van der Waals surface area contributed by atoms with Crippen LogP contribution in [-0.4, -0.2) is 46.1 Å². The van der Waals surface area contributed by atoms with Crippen LogP contribution in [0.15, 0.2) is 41.1 Å². The lowest BCUT2D eigenvalue weighted by Gasteiger charge is -2.11. The summed E-state index contributed by atoms with van der Waals surface area (Å²) >= 11 is 2.58. The molecule has 8 nitrogen and oxygen atoms in total. The van der Waals surface area contributed by atoms with Crippen LogP contribution < -0.4 is 10.1 Å². The first-order valence-corrected chi connectivity index (χ1v) is 12.0. The second-order valence-corrected chi connectivity index (χ2v) is 9.10. The Morgan fingerprint density at radius 1 is 1.28 bits per heavy atom. The lowest BCUT2D eigenvalue weighted by Crippen LogP contribution is -2.17. The smallest absolute Gasteiger partial charge is 0.341 e. The number of carbonyl (C=O) groups excluding carboxylic acids is 2. The van der Waals surface area contributed by atoms with Crippen molar-refractivity contribution in [2.45, 2.75) is 32.3 Å². The molecule has 3 aromatic rings. The van der Waals surface area contributed by atoms with Gasteiger partial charge in [-0.05, 0) is 42.3 Å². The zero-order chi connectivity index (χ0) is 23.1. The number of esters is 1. The number of ether oxygens (including phenoxy) is 2. The van der Waals surface area contributed by atoms with Gasteiger partial charge in [0.1, 0.15) is 17.1 Å². The molecule has 32 heavy (non-hydrogen) atoms. The van der Waals surface area contributed by atoms with Gasteiger partial charge in [-0.25, -0.2) is 4.79 Å². The largest absolute Gasteiger partial charge is 0.495 e. The average molecular weight is 475 g/mol. The molecule has 0 spiro atoms. The number of thioether (sulfide) groups is 1. The molecule has 0 radical (unpaired) electrons. The highest BCUT2D eigenvalue weighted by molar-refractivity contribution is 7.99. The molecule has 0 saturated heterocycles. The summed E-state index contributed by atoms with van der Waals surface area (Å²) in [6.07, 6.45) is 2.31. The number of aromatic nitrogens is 3. The number of carbonyl (C=O) groups is 2. The summed E-state index contributed by atoms with van der Waals surface area (Å²) in [5.41, 5.74) is 2.12. The van der Waals surface area contributed by atoms with Gasteiger partial charge in [-0.15, -0.1) is 21.5 Å². The second-order valence-electron chi connectivity index (χ2n) is 7.28. The summed E-state index contributed by atoms with van der Waals surface area (Å²) in [5.74, 6) is 0.497. The van der Waals surface area contributed by atoms with E-state index in [1.165, 1.54) is 23.1 Å². The molecule has 0 unspecified atom stereocenters. The lowest BCUT2D eigenvalue weighted by molar-refractivity contribution is -0.113. The molecule has 2 aromatic heterocycles. The Hall–Kier alpha value is -2.85. The fourth-order valence-electron chi connectivity index (χ4n) is 3.11. The first-order chi connectivity index (χ1) is 15.4. The summed E-state index contributed by atoms with van der Waals surface area (Å²) in [6.45, 7) is 6.20. The van der Waals surface area contributed by atoms with E-state index in [9.17, 15) is 9.59 Å². The number of nitrogens with zero attached hydrogens (tertiary/aromatic N) is 3. The topological polar surface area (TPSA) is 95.3 Å². The van der Waals surface area contributed by atoms with Gasteiger partial charge in [0, 0.05) is 0 Å². The molecule has 0 saturated carbocycles. The molecule has 0 aliphatic rings. The molecule has 0 fully saturated rings. The highest BCUT2D eigenvalue weighted by Gasteiger charge is 2.22. The Balaban J connectivity index is 1.72. The van der Waals surface area contributed by atoms with Crippen LogP contribution in [0.3, 0.4) is 0 Å². The van der Waals surface area contributed by atoms with Gasteiger partial charge in [-0.2, -0.15) is 0 Å². The van der Waals surface area contributed by atoms with E-state index < -0.39 is 5.97 Å². The monoisotopic (exact) mass is 474 g/mol. The van der Waals surface area contributed by atoms with Crippen molar-refractivity contribution < 1.29 is 19.1 Å². The number of benzene rings is 1. The van der Waals surface area contributed by atoms with Gasteiger partial charge in [-0.3, -0.25) is 9.36 Å². The van der Waals surface area contributed by atoms with E-state index >= 15 is 0 Å². The number of nitrogens with one attached hydrogen (secondary N) is 1. The van der Waals surface area contributed by atoms with E-state index in [1.807, 2.05) is 29.6 Å². The maximum absolute atomic E-state index is 12.7. The van der Waals surface area contributed by atoms with E-state index in [1.54, 1.807) is 24.9 Å². The van der Waals surface area contributed by atoms with Gasteiger partial charge in [0.2, 0.25) is 5.91 Å². The molecule has 1 aromatic carbocycles. The summed E-state index contributed by atoms with van der Waals surface area (Å²) < 4.78 is 12.4. The Morgan fingerprint density at radius 2 is 2.06 bits per heavy atom. The first-order valence-electron chi connectivity index (χ1n) is 10.2. The molecule has 170 valence electrons. The fraction of sp³-hybridized carbons (Fsp3) is 0.364. The predicted molar refractivity (Wildman–Crippen MR) is 126 cm³/mol. The fourth-order valence-corrected chi connectivity index (χ4v) is 4.81. The third kappa shape index (κ3) is 5.68. The minimum absolute atomic E-state index is 0.105. The van der Waals surface area contributed by atoms with Crippen molar-refractivity contribution in [2.75, 3.05) is 24.8 Å².